The predicted octanol–water partition coefficient (Wildman–Crippen LogP) is 3.05. The summed E-state index contributed by atoms with van der Waals surface area (Å²) in [5, 5.41) is 3.52. The summed E-state index contributed by atoms with van der Waals surface area (Å²) < 4.78 is 12.2. The van der Waals surface area contributed by atoms with Gasteiger partial charge < -0.3 is 19.7 Å². The summed E-state index contributed by atoms with van der Waals surface area (Å²) in [7, 11) is 1.65. The monoisotopic (exact) mass is 480 g/mol. The van der Waals surface area contributed by atoms with Crippen molar-refractivity contribution in [3.8, 4) is 11.5 Å². The number of rotatable bonds is 5. The Labute approximate surface area is 200 Å². The molecule has 9 nitrogen and oxygen atoms in total. The number of carbonyl (C=O) groups excluding carboxylic acids is 3. The van der Waals surface area contributed by atoms with Crippen molar-refractivity contribution in [2.45, 2.75) is 25.4 Å². The van der Waals surface area contributed by atoms with Gasteiger partial charge in [0, 0.05) is 7.05 Å². The molecule has 0 spiro atoms. The minimum atomic E-state index is -1.32. The maximum atomic E-state index is 13.3. The van der Waals surface area contributed by atoms with Gasteiger partial charge in [-0.1, -0.05) is 18.2 Å². The van der Waals surface area contributed by atoms with Crippen LogP contribution in [-0.4, -0.2) is 59.4 Å². The van der Waals surface area contributed by atoms with Crippen LogP contribution in [0.15, 0.2) is 42.5 Å². The molecule has 10 heteroatoms. The van der Waals surface area contributed by atoms with E-state index >= 15 is 0 Å². The Morgan fingerprint density at radius 3 is 2.71 bits per heavy atom. The van der Waals surface area contributed by atoms with E-state index in [2.05, 4.69) is 10.3 Å². The van der Waals surface area contributed by atoms with Crippen molar-refractivity contribution < 1.29 is 23.9 Å². The Morgan fingerprint density at radius 1 is 1.21 bits per heavy atom. The molecule has 2 aliphatic heterocycles. The number of nitrogens with zero attached hydrogens (tertiary/aromatic N) is 3. The number of thiazole rings is 1. The second-order valence-corrected chi connectivity index (χ2v) is 9.57. The van der Waals surface area contributed by atoms with E-state index in [-0.39, 0.29) is 18.5 Å². The summed E-state index contributed by atoms with van der Waals surface area (Å²) in [5.74, 6) is 0.254. The first-order valence-corrected chi connectivity index (χ1v) is 11.7. The van der Waals surface area contributed by atoms with E-state index < -0.39 is 17.5 Å². The molecule has 0 bridgehead atoms. The van der Waals surface area contributed by atoms with Crippen LogP contribution >= 0.6 is 11.3 Å². The molecule has 2 aliphatic rings. The molecule has 0 aliphatic carbocycles. The zero-order valence-corrected chi connectivity index (χ0v) is 19.8. The lowest BCUT2D eigenvalue weighted by Crippen LogP contribution is -2.44. The van der Waals surface area contributed by atoms with Crippen LogP contribution < -0.4 is 14.8 Å². The number of imide groups is 1. The topological polar surface area (TPSA) is 101 Å². The summed E-state index contributed by atoms with van der Waals surface area (Å²) in [6.45, 7) is 4.00. The van der Waals surface area contributed by atoms with Crippen molar-refractivity contribution in [2.24, 2.45) is 0 Å². The minimum Gasteiger partial charge on any atom is -0.486 e. The largest absolute Gasteiger partial charge is 0.486 e. The lowest BCUT2D eigenvalue weighted by molar-refractivity contribution is -0.139. The van der Waals surface area contributed by atoms with Crippen LogP contribution in [0.4, 0.5) is 4.79 Å². The van der Waals surface area contributed by atoms with E-state index in [4.69, 9.17) is 9.47 Å². The number of likely N-dealkylation sites (N-methyl/N-ethyl adjacent to an activating group) is 1. The van der Waals surface area contributed by atoms with Gasteiger partial charge in [0.05, 0.1) is 16.3 Å². The first kappa shape index (κ1) is 22.1. The predicted molar refractivity (Wildman–Crippen MR) is 126 cm³/mol. The number of urea groups is 1. The van der Waals surface area contributed by atoms with E-state index in [9.17, 15) is 14.4 Å². The second-order valence-electron chi connectivity index (χ2n) is 8.51. The third-order valence-electron chi connectivity index (χ3n) is 6.33. The number of aromatic nitrogens is 1. The van der Waals surface area contributed by atoms with E-state index in [0.717, 1.165) is 20.1 Å². The summed E-state index contributed by atoms with van der Waals surface area (Å²) in [5.41, 5.74) is 0.116. The van der Waals surface area contributed by atoms with E-state index in [1.54, 1.807) is 32.2 Å². The maximum Gasteiger partial charge on any atom is 0.325 e. The molecule has 0 unspecified atom stereocenters. The number of hydrogen-bond donors (Lipinski definition) is 1. The number of nitrogens with one attached hydrogen (secondary N) is 1. The Balaban J connectivity index is 1.32. The molecule has 1 saturated heterocycles. The fourth-order valence-electron chi connectivity index (χ4n) is 4.09. The van der Waals surface area contributed by atoms with Crippen LogP contribution in [0.25, 0.3) is 10.2 Å². The van der Waals surface area contributed by atoms with Crippen molar-refractivity contribution in [3.05, 3.63) is 53.0 Å². The van der Waals surface area contributed by atoms with Crippen molar-refractivity contribution in [1.29, 1.82) is 0 Å². The highest BCUT2D eigenvalue weighted by molar-refractivity contribution is 7.18. The molecule has 1 fully saturated rings. The molecule has 0 radical (unpaired) electrons. The van der Waals surface area contributed by atoms with Crippen LogP contribution in [0.1, 0.15) is 30.5 Å². The number of ether oxygens (including phenoxy) is 2. The average Bonchev–Trinajstić information content (AvgIpc) is 3.38. The lowest BCUT2D eigenvalue weighted by atomic mass is 9.91. The van der Waals surface area contributed by atoms with Crippen LogP contribution in [0, 0.1) is 0 Å². The fraction of sp³-hybridized carbons (Fsp3) is 0.333. The van der Waals surface area contributed by atoms with Crippen molar-refractivity contribution in [1.82, 2.24) is 20.1 Å². The Morgan fingerprint density at radius 2 is 1.94 bits per heavy atom. The molecule has 34 heavy (non-hydrogen) atoms. The summed E-state index contributed by atoms with van der Waals surface area (Å²) in [4.78, 5) is 46.2. The SMILES string of the molecule is C[C@@H](c1nc2ccccc2s1)N(C)C(=O)CN1C(=O)N[C@@](C)(c2ccc3c(c2)OCCO3)C1=O. The summed E-state index contributed by atoms with van der Waals surface area (Å²) in [6, 6.07) is 12.0. The van der Waals surface area contributed by atoms with Gasteiger partial charge in [0.2, 0.25) is 5.91 Å². The van der Waals surface area contributed by atoms with Crippen molar-refractivity contribution in [2.75, 3.05) is 26.8 Å². The minimum absolute atomic E-state index is 0.310. The highest BCUT2D eigenvalue weighted by Gasteiger charge is 2.50. The summed E-state index contributed by atoms with van der Waals surface area (Å²) >= 11 is 1.52. The Kier molecular flexibility index (Phi) is 5.40. The molecular weight excluding hydrogens is 456 g/mol. The third-order valence-corrected chi connectivity index (χ3v) is 7.54. The molecule has 3 heterocycles. The maximum absolute atomic E-state index is 13.3. The number of hydrogen-bond acceptors (Lipinski definition) is 7. The van der Waals surface area contributed by atoms with E-state index in [1.807, 2.05) is 31.2 Å². The van der Waals surface area contributed by atoms with Crippen LogP contribution in [0.5, 0.6) is 11.5 Å². The summed E-state index contributed by atoms with van der Waals surface area (Å²) in [6.07, 6.45) is 0. The second kappa shape index (κ2) is 8.28. The van der Waals surface area contributed by atoms with E-state index in [1.165, 1.54) is 16.2 Å². The van der Waals surface area contributed by atoms with Gasteiger partial charge in [-0.2, -0.15) is 0 Å². The van der Waals surface area contributed by atoms with Gasteiger partial charge >= 0.3 is 6.03 Å². The molecule has 3 aromatic rings. The number of benzene rings is 2. The molecule has 1 N–H and O–H groups in total. The van der Waals surface area contributed by atoms with Gasteiger partial charge in [-0.15, -0.1) is 11.3 Å². The highest BCUT2D eigenvalue weighted by Crippen LogP contribution is 2.37. The number of amides is 4. The Bertz CT molecular complexity index is 1270. The Hall–Kier alpha value is -3.66. The van der Waals surface area contributed by atoms with Gasteiger partial charge in [-0.05, 0) is 43.7 Å². The molecular formula is C24H24N4O5S. The molecule has 1 aromatic heterocycles. The van der Waals surface area contributed by atoms with Crippen LogP contribution in [0.3, 0.4) is 0 Å². The number of para-hydroxylation sites is 1. The zero-order valence-electron chi connectivity index (χ0n) is 19.0. The first-order chi connectivity index (χ1) is 16.3. The molecule has 2 aromatic carbocycles. The van der Waals surface area contributed by atoms with Gasteiger partial charge in [0.25, 0.3) is 5.91 Å². The molecule has 2 atom stereocenters. The number of carbonyl (C=O) groups is 3. The molecule has 4 amide bonds. The van der Waals surface area contributed by atoms with Crippen molar-refractivity contribution in [3.63, 3.8) is 0 Å². The molecule has 5 rings (SSSR count). The average molecular weight is 481 g/mol. The third kappa shape index (κ3) is 3.63. The van der Waals surface area contributed by atoms with Crippen LogP contribution in [-0.2, 0) is 15.1 Å². The zero-order chi connectivity index (χ0) is 24.0. The van der Waals surface area contributed by atoms with Gasteiger partial charge in [-0.25, -0.2) is 9.78 Å². The highest BCUT2D eigenvalue weighted by atomic mass is 32.1. The quantitative estimate of drug-likeness (QED) is 0.564. The standard InChI is InChI=1S/C24H24N4O5S/c1-14(21-25-16-6-4-5-7-19(16)34-21)27(3)20(29)13-28-22(30)24(2,26-23(28)31)15-8-9-17-18(12-15)33-11-10-32-17/h4-9,12,14H,10-11,13H2,1-3H3,(H,26,31)/t14-,24-/m0/s1. The van der Waals surface area contributed by atoms with Gasteiger partial charge in [0.15, 0.2) is 11.5 Å². The van der Waals surface area contributed by atoms with E-state index in [0.29, 0.717) is 30.3 Å². The normalized spacial score (nSPS) is 20.4. The fourth-order valence-corrected chi connectivity index (χ4v) is 5.15. The van der Waals surface area contributed by atoms with Crippen LogP contribution in [0.2, 0.25) is 0 Å². The van der Waals surface area contributed by atoms with Gasteiger partial charge in [0.1, 0.15) is 30.3 Å². The number of fused-ring (bicyclic) bond motifs is 2. The van der Waals surface area contributed by atoms with Crippen molar-refractivity contribution >= 4 is 39.4 Å². The van der Waals surface area contributed by atoms with Gasteiger partial charge in [-0.3, -0.25) is 14.5 Å². The molecule has 176 valence electrons. The smallest absolute Gasteiger partial charge is 0.325 e. The first-order valence-electron chi connectivity index (χ1n) is 10.9. The lowest BCUT2D eigenvalue weighted by Gasteiger charge is -2.26. The molecule has 0 saturated carbocycles.